The highest BCUT2D eigenvalue weighted by molar-refractivity contribution is 5.84. The predicted octanol–water partition coefficient (Wildman–Crippen LogP) is 0.0741. The summed E-state index contributed by atoms with van der Waals surface area (Å²) in [4.78, 5) is 22.0. The molecular formula is C8H13NO3. The van der Waals surface area contributed by atoms with Gasteiger partial charge in [0.2, 0.25) is 5.91 Å². The van der Waals surface area contributed by atoms with E-state index in [0.717, 1.165) is 0 Å². The van der Waals surface area contributed by atoms with E-state index >= 15 is 0 Å². The molecule has 0 bridgehead atoms. The Morgan fingerprint density at radius 2 is 2.33 bits per heavy atom. The van der Waals surface area contributed by atoms with E-state index in [1.54, 1.807) is 0 Å². The van der Waals surface area contributed by atoms with Crippen molar-refractivity contribution < 1.29 is 14.3 Å². The number of methoxy groups -OCH3 is 1. The number of ether oxygens (including phenoxy) is 1. The van der Waals surface area contributed by atoms with Crippen LogP contribution >= 0.6 is 0 Å². The minimum atomic E-state index is -0.281. The van der Waals surface area contributed by atoms with Crippen LogP contribution in [0.15, 0.2) is 0 Å². The largest absolute Gasteiger partial charge is 0.469 e. The molecule has 0 aromatic carbocycles. The number of hydrogen-bond donors (Lipinski definition) is 1. The molecule has 1 saturated heterocycles. The molecule has 1 heterocycles. The average Bonchev–Trinajstić information content (AvgIpc) is 2.01. The number of hydrogen-bond acceptors (Lipinski definition) is 3. The smallest absolute Gasteiger partial charge is 0.309 e. The van der Waals surface area contributed by atoms with E-state index in [-0.39, 0.29) is 30.3 Å². The molecule has 0 aliphatic carbocycles. The van der Waals surface area contributed by atoms with Crippen LogP contribution in [0, 0.1) is 5.92 Å². The van der Waals surface area contributed by atoms with E-state index in [1.807, 2.05) is 6.92 Å². The highest BCUT2D eigenvalue weighted by atomic mass is 16.5. The molecule has 1 aliphatic rings. The van der Waals surface area contributed by atoms with Crippen molar-refractivity contribution in [2.75, 3.05) is 7.11 Å². The van der Waals surface area contributed by atoms with Gasteiger partial charge in [0.25, 0.3) is 0 Å². The van der Waals surface area contributed by atoms with Gasteiger partial charge in [0.15, 0.2) is 0 Å². The van der Waals surface area contributed by atoms with Crippen LogP contribution in [0.1, 0.15) is 19.8 Å². The number of nitrogens with one attached hydrogen (secondary N) is 1. The van der Waals surface area contributed by atoms with Crippen molar-refractivity contribution in [3.8, 4) is 0 Å². The maximum atomic E-state index is 11.1. The van der Waals surface area contributed by atoms with E-state index in [9.17, 15) is 9.59 Å². The molecule has 1 amide bonds. The Labute approximate surface area is 71.3 Å². The molecule has 1 aliphatic heterocycles. The third kappa shape index (κ3) is 1.96. The fourth-order valence-electron chi connectivity index (χ4n) is 1.47. The summed E-state index contributed by atoms with van der Waals surface area (Å²) in [5, 5.41) is 2.74. The predicted molar refractivity (Wildman–Crippen MR) is 42.3 cm³/mol. The number of amides is 1. The summed E-state index contributed by atoms with van der Waals surface area (Å²) in [6, 6.07) is 0.0790. The first kappa shape index (κ1) is 9.03. The first-order valence-electron chi connectivity index (χ1n) is 4.00. The molecule has 2 atom stereocenters. The second-order valence-electron chi connectivity index (χ2n) is 3.13. The van der Waals surface area contributed by atoms with Crippen LogP contribution < -0.4 is 5.32 Å². The van der Waals surface area contributed by atoms with E-state index in [2.05, 4.69) is 10.1 Å². The first-order chi connectivity index (χ1) is 5.63. The van der Waals surface area contributed by atoms with Gasteiger partial charge in [-0.2, -0.15) is 0 Å². The summed E-state index contributed by atoms with van der Waals surface area (Å²) in [6.07, 6.45) is 0.940. The summed E-state index contributed by atoms with van der Waals surface area (Å²) in [7, 11) is 1.35. The molecule has 68 valence electrons. The van der Waals surface area contributed by atoms with Crippen molar-refractivity contribution in [1.29, 1.82) is 0 Å². The zero-order chi connectivity index (χ0) is 9.14. The van der Waals surface area contributed by atoms with Crippen LogP contribution in [0.25, 0.3) is 0 Å². The third-order valence-corrected chi connectivity index (χ3v) is 2.01. The van der Waals surface area contributed by atoms with Crippen molar-refractivity contribution in [2.45, 2.75) is 25.8 Å². The number of rotatable bonds is 1. The summed E-state index contributed by atoms with van der Waals surface area (Å²) < 4.78 is 4.57. The molecular weight excluding hydrogens is 158 g/mol. The minimum absolute atomic E-state index is 0.0656. The zero-order valence-electron chi connectivity index (χ0n) is 7.29. The van der Waals surface area contributed by atoms with Gasteiger partial charge in [0, 0.05) is 12.5 Å². The third-order valence-electron chi connectivity index (χ3n) is 2.01. The molecule has 1 N–H and O–H groups in total. The van der Waals surface area contributed by atoms with Gasteiger partial charge in [-0.1, -0.05) is 0 Å². The van der Waals surface area contributed by atoms with Crippen LogP contribution in [-0.4, -0.2) is 25.0 Å². The Hall–Kier alpha value is -1.06. The van der Waals surface area contributed by atoms with Gasteiger partial charge in [-0.05, 0) is 13.3 Å². The Kier molecular flexibility index (Phi) is 2.68. The van der Waals surface area contributed by atoms with Gasteiger partial charge in [-0.3, -0.25) is 9.59 Å². The quantitative estimate of drug-likeness (QED) is 0.568. The van der Waals surface area contributed by atoms with Gasteiger partial charge >= 0.3 is 5.97 Å². The van der Waals surface area contributed by atoms with Crippen LogP contribution in [0.5, 0.6) is 0 Å². The molecule has 0 radical (unpaired) electrons. The lowest BCUT2D eigenvalue weighted by atomic mass is 9.93. The first-order valence-corrected chi connectivity index (χ1v) is 4.00. The molecule has 0 aromatic rings. The second-order valence-corrected chi connectivity index (χ2v) is 3.13. The van der Waals surface area contributed by atoms with Crippen molar-refractivity contribution in [1.82, 2.24) is 5.32 Å². The molecule has 2 unspecified atom stereocenters. The number of carbonyl (C=O) groups excluding carboxylic acids is 2. The van der Waals surface area contributed by atoms with E-state index in [1.165, 1.54) is 7.11 Å². The number of esters is 1. The van der Waals surface area contributed by atoms with Crippen LogP contribution in [0.4, 0.5) is 0 Å². The molecule has 4 heteroatoms. The monoisotopic (exact) mass is 171 g/mol. The molecule has 1 rings (SSSR count). The fraction of sp³-hybridized carbons (Fsp3) is 0.750. The van der Waals surface area contributed by atoms with Crippen LogP contribution in [-0.2, 0) is 14.3 Å². The lowest BCUT2D eigenvalue weighted by molar-refractivity contribution is -0.149. The highest BCUT2D eigenvalue weighted by Crippen LogP contribution is 2.17. The number of piperidine rings is 1. The Morgan fingerprint density at radius 3 is 2.83 bits per heavy atom. The van der Waals surface area contributed by atoms with Crippen LogP contribution in [0.2, 0.25) is 0 Å². The Balaban J connectivity index is 2.55. The van der Waals surface area contributed by atoms with Crippen molar-refractivity contribution >= 4 is 11.9 Å². The van der Waals surface area contributed by atoms with Gasteiger partial charge in [-0.25, -0.2) is 0 Å². The Bertz CT molecular complexity index is 202. The van der Waals surface area contributed by atoms with E-state index in [0.29, 0.717) is 6.42 Å². The molecule has 4 nitrogen and oxygen atoms in total. The second kappa shape index (κ2) is 3.56. The lowest BCUT2D eigenvalue weighted by Crippen LogP contribution is -2.42. The fourth-order valence-corrected chi connectivity index (χ4v) is 1.47. The Morgan fingerprint density at radius 1 is 1.67 bits per heavy atom. The standard InChI is InChI=1S/C8H13NO3/c1-5-3-6(8(11)12-2)4-7(10)9-5/h5-6H,3-4H2,1-2H3,(H,9,10). The summed E-state index contributed by atoms with van der Waals surface area (Å²) >= 11 is 0. The molecule has 1 fully saturated rings. The van der Waals surface area contributed by atoms with Crippen molar-refractivity contribution in [2.24, 2.45) is 5.92 Å². The maximum absolute atomic E-state index is 11.1. The van der Waals surface area contributed by atoms with E-state index < -0.39 is 0 Å². The minimum Gasteiger partial charge on any atom is -0.469 e. The van der Waals surface area contributed by atoms with Gasteiger partial charge in [0.1, 0.15) is 0 Å². The maximum Gasteiger partial charge on any atom is 0.309 e. The molecule has 0 saturated carbocycles. The summed E-state index contributed by atoms with van der Waals surface area (Å²) in [5.41, 5.74) is 0. The molecule has 0 aromatic heterocycles. The topological polar surface area (TPSA) is 55.4 Å². The molecule has 0 spiro atoms. The van der Waals surface area contributed by atoms with Crippen LogP contribution in [0.3, 0.4) is 0 Å². The lowest BCUT2D eigenvalue weighted by Gasteiger charge is -2.25. The summed E-state index contributed by atoms with van der Waals surface area (Å²) in [5.74, 6) is -0.598. The zero-order valence-corrected chi connectivity index (χ0v) is 7.29. The molecule has 12 heavy (non-hydrogen) atoms. The van der Waals surface area contributed by atoms with Crippen molar-refractivity contribution in [3.05, 3.63) is 0 Å². The summed E-state index contributed by atoms with van der Waals surface area (Å²) in [6.45, 7) is 1.88. The van der Waals surface area contributed by atoms with E-state index in [4.69, 9.17) is 0 Å². The van der Waals surface area contributed by atoms with Gasteiger partial charge < -0.3 is 10.1 Å². The normalized spacial score (nSPS) is 29.3. The SMILES string of the molecule is COC(=O)C1CC(=O)NC(C)C1. The van der Waals surface area contributed by atoms with Gasteiger partial charge in [0.05, 0.1) is 13.0 Å². The average molecular weight is 171 g/mol. The van der Waals surface area contributed by atoms with Crippen molar-refractivity contribution in [3.63, 3.8) is 0 Å². The number of carbonyl (C=O) groups is 2. The highest BCUT2D eigenvalue weighted by Gasteiger charge is 2.29. The van der Waals surface area contributed by atoms with Gasteiger partial charge in [-0.15, -0.1) is 0 Å².